The monoisotopic (exact) mass is 139 g/mol. The van der Waals surface area contributed by atoms with E-state index >= 15 is 0 Å². The van der Waals surface area contributed by atoms with E-state index in [4.69, 9.17) is 5.26 Å². The van der Waals surface area contributed by atoms with Crippen LogP contribution in [0, 0.1) is 22.7 Å². The van der Waals surface area contributed by atoms with Gasteiger partial charge in [-0.3, -0.25) is 0 Å². The summed E-state index contributed by atoms with van der Waals surface area (Å²) < 4.78 is 0. The molecule has 10 heavy (non-hydrogen) atoms. The van der Waals surface area contributed by atoms with Crippen LogP contribution < -0.4 is 0 Å². The van der Waals surface area contributed by atoms with Crippen LogP contribution in [-0.4, -0.2) is 0 Å². The largest absolute Gasteiger partial charge is 0.198 e. The summed E-state index contributed by atoms with van der Waals surface area (Å²) in [6.07, 6.45) is 1.78. The lowest BCUT2D eigenvalue weighted by Crippen LogP contribution is -2.21. The Morgan fingerprint density at radius 2 is 2.00 bits per heavy atom. The molecule has 0 aromatic rings. The molecule has 1 atom stereocenters. The highest BCUT2D eigenvalue weighted by atomic mass is 14.3. The third-order valence-corrected chi connectivity index (χ3v) is 2.68. The Morgan fingerprint density at radius 3 is 2.10 bits per heavy atom. The minimum absolute atomic E-state index is 0.231. The van der Waals surface area contributed by atoms with Crippen LogP contribution in [-0.2, 0) is 0 Å². The molecule has 0 aliphatic heterocycles. The fourth-order valence-electron chi connectivity index (χ4n) is 0.918. The van der Waals surface area contributed by atoms with Gasteiger partial charge in [-0.05, 0) is 17.8 Å². The molecule has 58 valence electrons. The quantitative estimate of drug-likeness (QED) is 0.589. The van der Waals surface area contributed by atoms with Crippen molar-refractivity contribution in [1.29, 1.82) is 5.26 Å². The van der Waals surface area contributed by atoms with Crippen LogP contribution in [0.3, 0.4) is 0 Å². The molecule has 0 aliphatic rings. The molecule has 0 spiro atoms. The van der Waals surface area contributed by atoms with Crippen LogP contribution >= 0.6 is 0 Å². The molecule has 0 fully saturated rings. The van der Waals surface area contributed by atoms with Gasteiger partial charge in [0, 0.05) is 6.42 Å². The van der Waals surface area contributed by atoms with Gasteiger partial charge in [0.05, 0.1) is 6.07 Å². The molecule has 1 nitrogen and oxygen atoms in total. The summed E-state index contributed by atoms with van der Waals surface area (Å²) in [7, 11) is 0. The first-order valence-corrected chi connectivity index (χ1v) is 3.93. The van der Waals surface area contributed by atoms with E-state index in [2.05, 4.69) is 33.8 Å². The van der Waals surface area contributed by atoms with Crippen molar-refractivity contribution in [3.63, 3.8) is 0 Å². The summed E-state index contributed by atoms with van der Waals surface area (Å²) >= 11 is 0. The Balaban J connectivity index is 4.11. The van der Waals surface area contributed by atoms with Gasteiger partial charge in [0.15, 0.2) is 0 Å². The molecule has 0 aromatic carbocycles. The van der Waals surface area contributed by atoms with Crippen molar-refractivity contribution in [2.45, 2.75) is 40.5 Å². The van der Waals surface area contributed by atoms with Crippen molar-refractivity contribution < 1.29 is 0 Å². The molecule has 0 N–H and O–H groups in total. The molecule has 0 bridgehead atoms. The fraction of sp³-hybridized carbons (Fsp3) is 0.889. The molecule has 1 heteroatoms. The van der Waals surface area contributed by atoms with Gasteiger partial charge in [-0.2, -0.15) is 5.26 Å². The van der Waals surface area contributed by atoms with Crippen molar-refractivity contribution in [2.24, 2.45) is 11.3 Å². The first kappa shape index (κ1) is 9.49. The molecule has 0 saturated heterocycles. The van der Waals surface area contributed by atoms with Gasteiger partial charge in [-0.15, -0.1) is 0 Å². The van der Waals surface area contributed by atoms with E-state index in [0.717, 1.165) is 6.42 Å². The maximum absolute atomic E-state index is 8.53. The summed E-state index contributed by atoms with van der Waals surface area (Å²) in [5, 5.41) is 8.53. The highest BCUT2D eigenvalue weighted by Gasteiger charge is 2.25. The minimum atomic E-state index is 0.231. The summed E-state index contributed by atoms with van der Waals surface area (Å²) in [6, 6.07) is 2.24. The third-order valence-electron chi connectivity index (χ3n) is 2.68. The van der Waals surface area contributed by atoms with Crippen LogP contribution in [0.25, 0.3) is 0 Å². The number of hydrogen-bond acceptors (Lipinski definition) is 1. The van der Waals surface area contributed by atoms with E-state index in [0.29, 0.717) is 12.3 Å². The zero-order valence-corrected chi connectivity index (χ0v) is 7.44. The lowest BCUT2D eigenvalue weighted by Gasteiger charge is -2.29. The van der Waals surface area contributed by atoms with E-state index in [9.17, 15) is 0 Å². The summed E-state index contributed by atoms with van der Waals surface area (Å²) in [6.45, 7) is 8.69. The molecule has 0 rings (SSSR count). The van der Waals surface area contributed by atoms with Gasteiger partial charge in [0.1, 0.15) is 0 Å². The maximum Gasteiger partial charge on any atom is 0.0627 e. The van der Waals surface area contributed by atoms with Crippen molar-refractivity contribution in [1.82, 2.24) is 0 Å². The zero-order valence-electron chi connectivity index (χ0n) is 7.44. The molecule has 1 unspecified atom stereocenters. The molecule has 0 aromatic heterocycles. The molecule has 0 aliphatic carbocycles. The van der Waals surface area contributed by atoms with Crippen LogP contribution in [0.2, 0.25) is 0 Å². The predicted octanol–water partition coefficient (Wildman–Crippen LogP) is 2.97. The number of nitriles is 1. The van der Waals surface area contributed by atoms with E-state index < -0.39 is 0 Å². The maximum atomic E-state index is 8.53. The Hall–Kier alpha value is -0.510. The molecule has 0 amide bonds. The molecular formula is C9H17N. The van der Waals surface area contributed by atoms with Crippen molar-refractivity contribution in [3.8, 4) is 6.07 Å². The van der Waals surface area contributed by atoms with E-state index in [1.54, 1.807) is 0 Å². The smallest absolute Gasteiger partial charge is 0.0627 e. The lowest BCUT2D eigenvalue weighted by atomic mass is 9.75. The molecule has 0 radical (unpaired) electrons. The SMILES string of the molecule is CCC(C)(CC#N)C(C)C. The molecular weight excluding hydrogens is 122 g/mol. The van der Waals surface area contributed by atoms with Gasteiger partial charge in [-0.25, -0.2) is 0 Å². The number of hydrogen-bond donors (Lipinski definition) is 0. The lowest BCUT2D eigenvalue weighted by molar-refractivity contribution is 0.215. The van der Waals surface area contributed by atoms with E-state index in [1.165, 1.54) is 0 Å². The second-order valence-corrected chi connectivity index (χ2v) is 3.50. The average molecular weight is 139 g/mol. The minimum Gasteiger partial charge on any atom is -0.198 e. The first-order valence-electron chi connectivity index (χ1n) is 3.93. The highest BCUT2D eigenvalue weighted by molar-refractivity contribution is 4.86. The number of rotatable bonds is 3. The van der Waals surface area contributed by atoms with Gasteiger partial charge < -0.3 is 0 Å². The van der Waals surface area contributed by atoms with Gasteiger partial charge in [0.25, 0.3) is 0 Å². The van der Waals surface area contributed by atoms with Crippen LogP contribution in [0.15, 0.2) is 0 Å². The van der Waals surface area contributed by atoms with Crippen molar-refractivity contribution in [3.05, 3.63) is 0 Å². The van der Waals surface area contributed by atoms with Gasteiger partial charge in [-0.1, -0.05) is 27.7 Å². The average Bonchev–Trinajstić information content (AvgIpc) is 1.88. The normalized spacial score (nSPS) is 16.4. The summed E-state index contributed by atoms with van der Waals surface area (Å²) in [5.41, 5.74) is 0.231. The Morgan fingerprint density at radius 1 is 1.50 bits per heavy atom. The first-order chi connectivity index (χ1) is 4.56. The topological polar surface area (TPSA) is 23.8 Å². The van der Waals surface area contributed by atoms with Gasteiger partial charge >= 0.3 is 0 Å². The molecule has 0 saturated carbocycles. The highest BCUT2D eigenvalue weighted by Crippen LogP contribution is 2.33. The van der Waals surface area contributed by atoms with E-state index in [-0.39, 0.29) is 5.41 Å². The second kappa shape index (κ2) is 3.61. The van der Waals surface area contributed by atoms with Crippen molar-refractivity contribution in [2.75, 3.05) is 0 Å². The van der Waals surface area contributed by atoms with Crippen LogP contribution in [0.5, 0.6) is 0 Å². The van der Waals surface area contributed by atoms with E-state index in [1.807, 2.05) is 0 Å². The fourth-order valence-corrected chi connectivity index (χ4v) is 0.918. The van der Waals surface area contributed by atoms with Gasteiger partial charge in [0.2, 0.25) is 0 Å². The molecule has 0 heterocycles. The zero-order chi connectivity index (χ0) is 8.20. The van der Waals surface area contributed by atoms with Crippen molar-refractivity contribution >= 4 is 0 Å². The predicted molar refractivity (Wildman–Crippen MR) is 43.5 cm³/mol. The van der Waals surface area contributed by atoms with Crippen LogP contribution in [0.1, 0.15) is 40.5 Å². The third kappa shape index (κ3) is 2.02. The second-order valence-electron chi connectivity index (χ2n) is 3.50. The Kier molecular flexibility index (Phi) is 3.42. The Bertz CT molecular complexity index is 132. The standard InChI is InChI=1S/C9H17N/c1-5-9(4,6-7-10)8(2)3/h8H,5-6H2,1-4H3. The van der Waals surface area contributed by atoms with Crippen LogP contribution in [0.4, 0.5) is 0 Å². The summed E-state index contributed by atoms with van der Waals surface area (Å²) in [4.78, 5) is 0. The summed E-state index contributed by atoms with van der Waals surface area (Å²) in [5.74, 6) is 0.608. The number of nitrogens with zero attached hydrogens (tertiary/aromatic N) is 1. The Labute approximate surface area is 64.1 Å².